The Hall–Kier alpha value is -1.73. The van der Waals surface area contributed by atoms with Crippen molar-refractivity contribution in [2.75, 3.05) is 13.2 Å². The fourth-order valence-corrected chi connectivity index (χ4v) is 1.77. The maximum atomic E-state index is 6.16. The van der Waals surface area contributed by atoms with Crippen LogP contribution in [0.3, 0.4) is 0 Å². The summed E-state index contributed by atoms with van der Waals surface area (Å²) < 4.78 is 16.1. The summed E-state index contributed by atoms with van der Waals surface area (Å²) >= 11 is 0. The third kappa shape index (κ3) is 3.05. The summed E-state index contributed by atoms with van der Waals surface area (Å²) in [6.45, 7) is 8.40. The van der Waals surface area contributed by atoms with Crippen LogP contribution in [0.2, 0.25) is 0 Å². The molecule has 0 aromatic carbocycles. The van der Waals surface area contributed by atoms with Crippen molar-refractivity contribution in [3.63, 3.8) is 0 Å². The summed E-state index contributed by atoms with van der Waals surface area (Å²) in [5.41, 5.74) is 6.06. The zero-order valence-corrected chi connectivity index (χ0v) is 12.3. The summed E-state index contributed by atoms with van der Waals surface area (Å²) in [5, 5.41) is 3.91. The van der Waals surface area contributed by atoms with Crippen LogP contribution in [0.15, 0.2) is 8.94 Å². The summed E-state index contributed by atoms with van der Waals surface area (Å²) in [7, 11) is 0. The Morgan fingerprint density at radius 1 is 1.30 bits per heavy atom. The second kappa shape index (κ2) is 5.72. The molecule has 110 valence electrons. The molecule has 2 aromatic rings. The van der Waals surface area contributed by atoms with E-state index in [-0.39, 0.29) is 5.89 Å². The van der Waals surface area contributed by atoms with Crippen LogP contribution in [-0.4, -0.2) is 28.3 Å². The van der Waals surface area contributed by atoms with Crippen molar-refractivity contribution < 1.29 is 13.7 Å². The lowest BCUT2D eigenvalue weighted by Gasteiger charge is -2.19. The fourth-order valence-electron chi connectivity index (χ4n) is 1.77. The number of rotatable bonds is 6. The average Bonchev–Trinajstić information content (AvgIpc) is 2.96. The van der Waals surface area contributed by atoms with Gasteiger partial charge in [-0.1, -0.05) is 12.1 Å². The molecule has 20 heavy (non-hydrogen) atoms. The summed E-state index contributed by atoms with van der Waals surface area (Å²) in [4.78, 5) is 8.46. The zero-order chi connectivity index (χ0) is 14.8. The number of aryl methyl sites for hydroxylation is 2. The lowest BCUT2D eigenvalue weighted by Crippen LogP contribution is -2.39. The molecule has 1 atom stereocenters. The quantitative estimate of drug-likeness (QED) is 0.807. The third-order valence-corrected chi connectivity index (χ3v) is 2.78. The minimum Gasteiger partial charge on any atom is -0.436 e. The normalized spacial score (nSPS) is 14.4. The Labute approximate surface area is 117 Å². The van der Waals surface area contributed by atoms with Gasteiger partial charge in [-0.05, 0) is 20.3 Å². The fraction of sp³-hybridized carbons (Fsp3) is 0.615. The van der Waals surface area contributed by atoms with E-state index in [1.54, 1.807) is 13.8 Å². The highest BCUT2D eigenvalue weighted by Gasteiger charge is 2.29. The first-order valence-corrected chi connectivity index (χ1v) is 6.59. The molecular weight excluding hydrogens is 260 g/mol. The van der Waals surface area contributed by atoms with E-state index in [1.165, 1.54) is 0 Å². The van der Waals surface area contributed by atoms with Crippen molar-refractivity contribution in [3.05, 3.63) is 17.4 Å². The average molecular weight is 280 g/mol. The first-order chi connectivity index (χ1) is 9.44. The van der Waals surface area contributed by atoms with E-state index in [4.69, 9.17) is 19.4 Å². The molecule has 7 heteroatoms. The number of nitrogens with two attached hydrogens (primary N) is 1. The Balaban J connectivity index is 2.18. The molecule has 0 aliphatic heterocycles. The van der Waals surface area contributed by atoms with Gasteiger partial charge in [0.05, 0.1) is 12.3 Å². The molecular formula is C13H20N4O3. The van der Waals surface area contributed by atoms with Crippen molar-refractivity contribution in [2.24, 2.45) is 5.73 Å². The molecule has 0 amide bonds. The Morgan fingerprint density at radius 3 is 2.65 bits per heavy atom. The molecule has 2 rings (SSSR count). The topological polar surface area (TPSA) is 100 Å². The Bertz CT molecular complexity index is 574. The highest BCUT2D eigenvalue weighted by atomic mass is 16.5. The van der Waals surface area contributed by atoms with Crippen molar-refractivity contribution in [2.45, 2.75) is 39.7 Å². The van der Waals surface area contributed by atoms with Gasteiger partial charge in [0.15, 0.2) is 11.7 Å². The summed E-state index contributed by atoms with van der Waals surface area (Å²) in [6.07, 6.45) is 0.935. The minimum absolute atomic E-state index is 0.283. The molecule has 0 spiro atoms. The molecule has 0 saturated carbocycles. The van der Waals surface area contributed by atoms with Crippen molar-refractivity contribution in [3.8, 4) is 11.7 Å². The number of hydrogen-bond acceptors (Lipinski definition) is 7. The van der Waals surface area contributed by atoms with Crippen molar-refractivity contribution in [1.29, 1.82) is 0 Å². The van der Waals surface area contributed by atoms with E-state index in [1.807, 2.05) is 13.8 Å². The smallest absolute Gasteiger partial charge is 0.295 e. The van der Waals surface area contributed by atoms with E-state index in [2.05, 4.69) is 15.1 Å². The van der Waals surface area contributed by atoms with E-state index in [9.17, 15) is 0 Å². The molecule has 0 aliphatic rings. The molecule has 7 nitrogen and oxygen atoms in total. The van der Waals surface area contributed by atoms with Crippen LogP contribution in [0.5, 0.6) is 0 Å². The Morgan fingerprint density at radius 2 is 2.05 bits per heavy atom. The number of nitrogens with zero attached hydrogens (tertiary/aromatic N) is 3. The predicted molar refractivity (Wildman–Crippen MR) is 71.9 cm³/mol. The lowest BCUT2D eigenvalue weighted by atomic mass is 10.1. The molecule has 0 saturated heterocycles. The third-order valence-electron chi connectivity index (χ3n) is 2.78. The van der Waals surface area contributed by atoms with Gasteiger partial charge in [0, 0.05) is 13.5 Å². The van der Waals surface area contributed by atoms with Crippen LogP contribution in [-0.2, 0) is 10.3 Å². The second-order valence-electron chi connectivity index (χ2n) is 5.04. The Kier molecular flexibility index (Phi) is 4.20. The molecule has 0 bridgehead atoms. The lowest BCUT2D eigenvalue weighted by molar-refractivity contribution is 0.0867. The number of oxazole rings is 1. The van der Waals surface area contributed by atoms with E-state index in [0.717, 1.165) is 6.42 Å². The molecule has 2 heterocycles. The highest BCUT2D eigenvalue weighted by molar-refractivity contribution is 5.47. The molecule has 0 radical (unpaired) electrons. The second-order valence-corrected chi connectivity index (χ2v) is 5.04. The van der Waals surface area contributed by atoms with Crippen LogP contribution in [0.1, 0.15) is 37.7 Å². The van der Waals surface area contributed by atoms with E-state index < -0.39 is 5.54 Å². The van der Waals surface area contributed by atoms with Crippen LogP contribution in [0.25, 0.3) is 11.7 Å². The van der Waals surface area contributed by atoms with E-state index >= 15 is 0 Å². The number of aromatic nitrogens is 3. The number of hydrogen-bond donors (Lipinski definition) is 1. The van der Waals surface area contributed by atoms with Gasteiger partial charge in [0.2, 0.25) is 5.76 Å². The maximum absolute atomic E-state index is 6.16. The first-order valence-electron chi connectivity index (χ1n) is 6.59. The van der Waals surface area contributed by atoms with Crippen LogP contribution < -0.4 is 5.73 Å². The van der Waals surface area contributed by atoms with E-state index in [0.29, 0.717) is 36.4 Å². The zero-order valence-electron chi connectivity index (χ0n) is 12.3. The van der Waals surface area contributed by atoms with Crippen molar-refractivity contribution >= 4 is 0 Å². The molecule has 2 N–H and O–H groups in total. The molecule has 0 aliphatic carbocycles. The summed E-state index contributed by atoms with van der Waals surface area (Å²) in [6, 6.07) is 0. The maximum Gasteiger partial charge on any atom is 0.295 e. The van der Waals surface area contributed by atoms with Gasteiger partial charge in [-0.3, -0.25) is 0 Å². The summed E-state index contributed by atoms with van der Waals surface area (Å²) in [5.74, 6) is 1.70. The highest BCUT2D eigenvalue weighted by Crippen LogP contribution is 2.25. The van der Waals surface area contributed by atoms with Gasteiger partial charge in [-0.2, -0.15) is 4.98 Å². The van der Waals surface area contributed by atoms with Gasteiger partial charge < -0.3 is 19.4 Å². The van der Waals surface area contributed by atoms with Gasteiger partial charge in [-0.15, -0.1) is 0 Å². The van der Waals surface area contributed by atoms with Crippen LogP contribution in [0.4, 0.5) is 0 Å². The van der Waals surface area contributed by atoms with Crippen LogP contribution >= 0.6 is 0 Å². The minimum atomic E-state index is -0.806. The largest absolute Gasteiger partial charge is 0.436 e. The van der Waals surface area contributed by atoms with Gasteiger partial charge in [0.25, 0.3) is 5.89 Å². The standard InChI is InChI=1S/C13H20N4O3/c1-5-6-18-7-13(4,14)12-16-11(20-17-12)10-8(2)15-9(3)19-10/h5-7,14H2,1-4H3. The number of ether oxygens (including phenoxy) is 1. The van der Waals surface area contributed by atoms with Gasteiger partial charge in [0.1, 0.15) is 5.54 Å². The van der Waals surface area contributed by atoms with Crippen molar-refractivity contribution in [1.82, 2.24) is 15.1 Å². The molecule has 1 unspecified atom stereocenters. The molecule has 2 aromatic heterocycles. The SMILES string of the molecule is CCCOCC(C)(N)c1noc(-c2oc(C)nc2C)n1. The van der Waals surface area contributed by atoms with Gasteiger partial charge in [-0.25, -0.2) is 4.98 Å². The van der Waals surface area contributed by atoms with Gasteiger partial charge >= 0.3 is 0 Å². The predicted octanol–water partition coefficient (Wildman–Crippen LogP) is 1.94. The first kappa shape index (κ1) is 14.7. The monoisotopic (exact) mass is 280 g/mol. The molecule has 0 fully saturated rings. The van der Waals surface area contributed by atoms with Crippen LogP contribution in [0, 0.1) is 13.8 Å².